The first-order valence-electron chi connectivity index (χ1n) is 7.26. The molecular weight excluding hydrogens is 294 g/mol. The Morgan fingerprint density at radius 3 is 2.48 bits per heavy atom. The molecule has 0 bridgehead atoms. The number of rotatable bonds is 3. The molecule has 6 nitrogen and oxygen atoms in total. The molecule has 0 saturated heterocycles. The van der Waals surface area contributed by atoms with Gasteiger partial charge in [0.05, 0.1) is 12.8 Å². The average molecular weight is 315 g/mol. The van der Waals surface area contributed by atoms with Crippen LogP contribution in [0.1, 0.15) is 36.8 Å². The fourth-order valence-electron chi connectivity index (χ4n) is 2.08. The number of benzene rings is 1. The highest BCUT2D eigenvalue weighted by Gasteiger charge is 2.18. The summed E-state index contributed by atoms with van der Waals surface area (Å²) < 4.78 is 6.42. The molecular formula is C17H21N3O3. The maximum atomic E-state index is 12.4. The monoisotopic (exact) mass is 315 g/mol. The first-order chi connectivity index (χ1) is 10.7. The van der Waals surface area contributed by atoms with E-state index in [0.29, 0.717) is 11.4 Å². The molecule has 0 aliphatic heterocycles. The second-order valence-electron chi connectivity index (χ2n) is 6.30. The van der Waals surface area contributed by atoms with Gasteiger partial charge >= 0.3 is 0 Å². The summed E-state index contributed by atoms with van der Waals surface area (Å²) >= 11 is 0. The number of hydrogen-bond donors (Lipinski definition) is 1. The van der Waals surface area contributed by atoms with Gasteiger partial charge < -0.3 is 10.1 Å². The number of amides is 1. The Bertz CT molecular complexity index is 788. The van der Waals surface area contributed by atoms with Gasteiger partial charge in [0.1, 0.15) is 11.4 Å². The molecule has 0 spiro atoms. The normalized spacial score (nSPS) is 11.2. The summed E-state index contributed by atoms with van der Waals surface area (Å²) in [7, 11) is 3.05. The van der Waals surface area contributed by atoms with Crippen molar-refractivity contribution >= 4 is 11.6 Å². The van der Waals surface area contributed by atoms with E-state index in [4.69, 9.17) is 4.74 Å². The van der Waals surface area contributed by atoms with E-state index in [0.717, 1.165) is 10.2 Å². The molecule has 0 unspecified atom stereocenters. The van der Waals surface area contributed by atoms with Crippen molar-refractivity contribution in [3.63, 3.8) is 0 Å². The zero-order chi connectivity index (χ0) is 17.2. The summed E-state index contributed by atoms with van der Waals surface area (Å²) in [5, 5.41) is 6.74. The summed E-state index contributed by atoms with van der Waals surface area (Å²) in [4.78, 5) is 23.7. The van der Waals surface area contributed by atoms with Crippen molar-refractivity contribution < 1.29 is 9.53 Å². The molecule has 2 aromatic rings. The lowest BCUT2D eigenvalue weighted by Gasteiger charge is -2.21. The van der Waals surface area contributed by atoms with Crippen LogP contribution in [-0.2, 0) is 12.5 Å². The summed E-state index contributed by atoms with van der Waals surface area (Å²) in [6, 6.07) is 8.39. The van der Waals surface area contributed by atoms with E-state index in [1.807, 2.05) is 18.2 Å². The van der Waals surface area contributed by atoms with Crippen LogP contribution < -0.4 is 15.6 Å². The molecule has 0 radical (unpaired) electrons. The van der Waals surface area contributed by atoms with Crippen molar-refractivity contribution in [1.82, 2.24) is 9.78 Å². The second kappa shape index (κ2) is 6.24. The SMILES string of the molecule is COc1ccc(C(C)(C)C)cc1NC(=O)c1ccc(=O)n(C)n1. The Hall–Kier alpha value is -2.63. The minimum atomic E-state index is -0.398. The van der Waals surface area contributed by atoms with Crippen LogP contribution in [0.2, 0.25) is 0 Å². The number of methoxy groups -OCH3 is 1. The Balaban J connectivity index is 2.35. The maximum Gasteiger partial charge on any atom is 0.276 e. The summed E-state index contributed by atoms with van der Waals surface area (Å²) in [6.45, 7) is 6.28. The highest BCUT2D eigenvalue weighted by molar-refractivity contribution is 6.03. The van der Waals surface area contributed by atoms with Gasteiger partial charge in [0.2, 0.25) is 0 Å². The molecule has 6 heteroatoms. The van der Waals surface area contributed by atoms with E-state index in [1.54, 1.807) is 7.11 Å². The van der Waals surface area contributed by atoms with Crippen molar-refractivity contribution in [3.05, 3.63) is 51.9 Å². The fourth-order valence-corrected chi connectivity index (χ4v) is 2.08. The Labute approximate surface area is 135 Å². The molecule has 1 aromatic heterocycles. The van der Waals surface area contributed by atoms with Crippen molar-refractivity contribution in [2.24, 2.45) is 7.05 Å². The van der Waals surface area contributed by atoms with Crippen molar-refractivity contribution in [1.29, 1.82) is 0 Å². The number of hydrogen-bond acceptors (Lipinski definition) is 4. The quantitative estimate of drug-likeness (QED) is 0.943. The zero-order valence-electron chi connectivity index (χ0n) is 14.0. The molecule has 1 aromatic carbocycles. The van der Waals surface area contributed by atoms with Gasteiger partial charge in [-0.2, -0.15) is 5.10 Å². The smallest absolute Gasteiger partial charge is 0.276 e. The third kappa shape index (κ3) is 3.77. The number of aromatic nitrogens is 2. The molecule has 2 rings (SSSR count). The van der Waals surface area contributed by atoms with E-state index in [1.165, 1.54) is 19.2 Å². The van der Waals surface area contributed by atoms with Crippen LogP contribution >= 0.6 is 0 Å². The number of carbonyl (C=O) groups excluding carboxylic acids is 1. The first-order valence-corrected chi connectivity index (χ1v) is 7.26. The van der Waals surface area contributed by atoms with Gasteiger partial charge in [-0.05, 0) is 29.2 Å². The molecule has 1 amide bonds. The van der Waals surface area contributed by atoms with Gasteiger partial charge in [0, 0.05) is 13.1 Å². The van der Waals surface area contributed by atoms with Crippen molar-refractivity contribution in [2.45, 2.75) is 26.2 Å². The lowest BCUT2D eigenvalue weighted by Crippen LogP contribution is -2.24. The molecule has 0 aliphatic rings. The molecule has 23 heavy (non-hydrogen) atoms. The summed E-state index contributed by atoms with van der Waals surface area (Å²) in [6.07, 6.45) is 0. The van der Waals surface area contributed by atoms with Crippen LogP contribution in [0.3, 0.4) is 0 Å². The van der Waals surface area contributed by atoms with Gasteiger partial charge in [-0.3, -0.25) is 9.59 Å². The lowest BCUT2D eigenvalue weighted by molar-refractivity contribution is 0.101. The Morgan fingerprint density at radius 1 is 1.22 bits per heavy atom. The van der Waals surface area contributed by atoms with Crippen LogP contribution in [0.25, 0.3) is 0 Å². The van der Waals surface area contributed by atoms with Crippen LogP contribution in [0.5, 0.6) is 5.75 Å². The number of nitrogens with zero attached hydrogens (tertiary/aromatic N) is 2. The number of anilines is 1. The van der Waals surface area contributed by atoms with Gasteiger partial charge in [-0.15, -0.1) is 0 Å². The maximum absolute atomic E-state index is 12.4. The number of nitrogens with one attached hydrogen (secondary N) is 1. The Kier molecular flexibility index (Phi) is 4.54. The zero-order valence-corrected chi connectivity index (χ0v) is 14.0. The van der Waals surface area contributed by atoms with E-state index in [9.17, 15) is 9.59 Å². The van der Waals surface area contributed by atoms with Gasteiger partial charge in [-0.25, -0.2) is 4.68 Å². The topological polar surface area (TPSA) is 73.2 Å². The third-order valence-corrected chi connectivity index (χ3v) is 3.51. The van der Waals surface area contributed by atoms with E-state index in [2.05, 4.69) is 31.2 Å². The number of ether oxygens (including phenoxy) is 1. The Morgan fingerprint density at radius 2 is 1.91 bits per heavy atom. The highest BCUT2D eigenvalue weighted by atomic mass is 16.5. The predicted octanol–water partition coefficient (Wildman–Crippen LogP) is 2.34. The van der Waals surface area contributed by atoms with Crippen molar-refractivity contribution in [2.75, 3.05) is 12.4 Å². The van der Waals surface area contributed by atoms with Crippen LogP contribution in [0.4, 0.5) is 5.69 Å². The molecule has 0 aliphatic carbocycles. The summed E-state index contributed by atoms with van der Waals surface area (Å²) in [5.41, 5.74) is 1.48. The van der Waals surface area contributed by atoms with Crippen LogP contribution in [0.15, 0.2) is 35.1 Å². The van der Waals surface area contributed by atoms with Crippen LogP contribution in [0, 0.1) is 0 Å². The van der Waals surface area contributed by atoms with Gasteiger partial charge in [0.25, 0.3) is 11.5 Å². The molecule has 1 N–H and O–H groups in total. The van der Waals surface area contributed by atoms with E-state index >= 15 is 0 Å². The fraction of sp³-hybridized carbons (Fsp3) is 0.353. The largest absolute Gasteiger partial charge is 0.495 e. The standard InChI is InChI=1S/C17H21N3O3/c1-17(2,3)11-6-8-14(23-5)13(10-11)18-16(22)12-7-9-15(21)20(4)19-12/h6-10H,1-5H3,(H,18,22). The average Bonchev–Trinajstić information content (AvgIpc) is 2.49. The predicted molar refractivity (Wildman–Crippen MR) is 89.1 cm³/mol. The minimum absolute atomic E-state index is 0.0549. The molecule has 1 heterocycles. The number of carbonyl (C=O) groups is 1. The number of aryl methyl sites for hydroxylation is 1. The first kappa shape index (κ1) is 16.7. The second-order valence-corrected chi connectivity index (χ2v) is 6.30. The van der Waals surface area contributed by atoms with Gasteiger partial charge in [-0.1, -0.05) is 26.8 Å². The summed E-state index contributed by atoms with van der Waals surface area (Å²) in [5.74, 6) is 0.168. The lowest BCUT2D eigenvalue weighted by atomic mass is 9.87. The molecule has 0 saturated carbocycles. The van der Waals surface area contributed by atoms with E-state index < -0.39 is 5.91 Å². The minimum Gasteiger partial charge on any atom is -0.495 e. The molecule has 0 atom stereocenters. The van der Waals surface area contributed by atoms with E-state index in [-0.39, 0.29) is 16.7 Å². The van der Waals surface area contributed by atoms with Gasteiger partial charge in [0.15, 0.2) is 0 Å². The molecule has 0 fully saturated rings. The van der Waals surface area contributed by atoms with Crippen molar-refractivity contribution in [3.8, 4) is 5.75 Å². The highest BCUT2D eigenvalue weighted by Crippen LogP contribution is 2.31. The van der Waals surface area contributed by atoms with Crippen LogP contribution in [-0.4, -0.2) is 22.8 Å². The molecule has 122 valence electrons. The third-order valence-electron chi connectivity index (χ3n) is 3.51.